The van der Waals surface area contributed by atoms with Crippen LogP contribution >= 0.6 is 0 Å². The van der Waals surface area contributed by atoms with Crippen molar-refractivity contribution in [3.8, 4) is 16.9 Å². The van der Waals surface area contributed by atoms with Gasteiger partial charge in [0.25, 0.3) is 5.91 Å². The molecule has 1 aliphatic heterocycles. The number of phenolic OH excluding ortho intramolecular Hbond substituents is 1. The van der Waals surface area contributed by atoms with Crippen molar-refractivity contribution < 1.29 is 14.3 Å². The van der Waals surface area contributed by atoms with E-state index in [1.165, 1.54) is 6.07 Å². The molecule has 6 heteroatoms. The third kappa shape index (κ3) is 3.26. The normalized spacial score (nSPS) is 16.5. The van der Waals surface area contributed by atoms with Crippen LogP contribution < -0.4 is 0 Å². The van der Waals surface area contributed by atoms with Crippen molar-refractivity contribution in [2.45, 2.75) is 26.3 Å². The number of carbonyl (C=O) groups excluding carboxylic acids is 1. The highest BCUT2D eigenvalue weighted by Gasteiger charge is 2.29. The van der Waals surface area contributed by atoms with Gasteiger partial charge >= 0.3 is 0 Å². The van der Waals surface area contributed by atoms with Crippen molar-refractivity contribution in [1.82, 2.24) is 14.7 Å². The van der Waals surface area contributed by atoms with Crippen molar-refractivity contribution in [3.63, 3.8) is 0 Å². The van der Waals surface area contributed by atoms with Gasteiger partial charge in [-0.15, -0.1) is 0 Å². The van der Waals surface area contributed by atoms with Gasteiger partial charge in [-0.05, 0) is 50.1 Å². The Bertz CT molecular complexity index is 1040. The van der Waals surface area contributed by atoms with E-state index >= 15 is 0 Å². The van der Waals surface area contributed by atoms with Crippen molar-refractivity contribution >= 4 is 5.91 Å². The summed E-state index contributed by atoms with van der Waals surface area (Å²) in [6.07, 6.45) is 0.859. The summed E-state index contributed by atoms with van der Waals surface area (Å²) in [6, 6.07) is 13.6. The highest BCUT2D eigenvalue weighted by Crippen LogP contribution is 2.32. The van der Waals surface area contributed by atoms with Gasteiger partial charge in [0, 0.05) is 29.9 Å². The lowest BCUT2D eigenvalue weighted by Gasteiger charge is -2.18. The van der Waals surface area contributed by atoms with Gasteiger partial charge in [-0.1, -0.05) is 24.3 Å². The van der Waals surface area contributed by atoms with E-state index in [2.05, 4.69) is 5.10 Å². The van der Waals surface area contributed by atoms with Gasteiger partial charge in [0.05, 0.1) is 11.7 Å². The molecule has 3 aromatic rings. The summed E-state index contributed by atoms with van der Waals surface area (Å²) < 4.78 is 15.7. The minimum absolute atomic E-state index is 0.0678. The summed E-state index contributed by atoms with van der Waals surface area (Å²) in [4.78, 5) is 14.8. The van der Waals surface area contributed by atoms with Crippen LogP contribution in [0, 0.1) is 19.7 Å². The number of aromatic nitrogens is 2. The Labute approximate surface area is 163 Å². The lowest BCUT2D eigenvalue weighted by Crippen LogP contribution is -2.29. The first kappa shape index (κ1) is 18.2. The van der Waals surface area contributed by atoms with Crippen LogP contribution in [0.3, 0.4) is 0 Å². The second-order valence-electron chi connectivity index (χ2n) is 7.28. The Balaban J connectivity index is 1.56. The number of rotatable bonds is 3. The minimum Gasteiger partial charge on any atom is -0.504 e. The fraction of sp³-hybridized carbons (Fsp3) is 0.273. The van der Waals surface area contributed by atoms with Crippen molar-refractivity contribution in [2.24, 2.45) is 0 Å². The number of carbonyl (C=O) groups is 1. The standard InChI is InChI=1S/C22H22FN3O2/c1-14-11-15(2)26(24-14)18-9-10-25(13-18)22(28)17-6-3-5-16(12-17)19-7-4-8-20(23)21(19)27/h3-8,11-12,18,27H,9-10,13H2,1-2H3. The Morgan fingerprint density at radius 2 is 1.96 bits per heavy atom. The third-order valence-corrected chi connectivity index (χ3v) is 5.25. The highest BCUT2D eigenvalue weighted by atomic mass is 19.1. The molecule has 1 saturated heterocycles. The van der Waals surface area contributed by atoms with E-state index in [1.807, 2.05) is 29.5 Å². The first-order chi connectivity index (χ1) is 13.4. The summed E-state index contributed by atoms with van der Waals surface area (Å²) in [5.74, 6) is -1.15. The van der Waals surface area contributed by atoms with Crippen LogP contribution in [0.4, 0.5) is 4.39 Å². The van der Waals surface area contributed by atoms with Crippen LogP contribution in [0.15, 0.2) is 48.5 Å². The fourth-order valence-corrected chi connectivity index (χ4v) is 3.89. The number of hydrogen-bond donors (Lipinski definition) is 1. The van der Waals surface area contributed by atoms with E-state index in [-0.39, 0.29) is 11.9 Å². The van der Waals surface area contributed by atoms with Gasteiger partial charge in [0.15, 0.2) is 11.6 Å². The average Bonchev–Trinajstić information content (AvgIpc) is 3.29. The van der Waals surface area contributed by atoms with Crippen molar-refractivity contribution in [3.05, 3.63) is 71.3 Å². The number of benzene rings is 2. The largest absolute Gasteiger partial charge is 0.504 e. The average molecular weight is 379 g/mol. The van der Waals surface area contributed by atoms with Crippen LogP contribution in [0.5, 0.6) is 5.75 Å². The second-order valence-corrected chi connectivity index (χ2v) is 7.28. The molecule has 1 aromatic heterocycles. The monoisotopic (exact) mass is 379 g/mol. The van der Waals surface area contributed by atoms with Gasteiger partial charge in [-0.3, -0.25) is 9.48 Å². The topological polar surface area (TPSA) is 58.4 Å². The molecule has 0 radical (unpaired) electrons. The van der Waals surface area contributed by atoms with E-state index in [4.69, 9.17) is 0 Å². The molecule has 2 aromatic carbocycles. The molecule has 0 saturated carbocycles. The van der Waals surface area contributed by atoms with Crippen LogP contribution in [-0.2, 0) is 0 Å². The van der Waals surface area contributed by atoms with E-state index in [9.17, 15) is 14.3 Å². The number of halogens is 1. The number of nitrogens with zero attached hydrogens (tertiary/aromatic N) is 3. The van der Waals surface area contributed by atoms with Crippen LogP contribution in [0.25, 0.3) is 11.1 Å². The quantitative estimate of drug-likeness (QED) is 0.745. The summed E-state index contributed by atoms with van der Waals surface area (Å²) >= 11 is 0. The van der Waals surface area contributed by atoms with E-state index in [0.29, 0.717) is 29.8 Å². The Morgan fingerprint density at radius 3 is 2.71 bits per heavy atom. The highest BCUT2D eigenvalue weighted by molar-refractivity contribution is 5.96. The van der Waals surface area contributed by atoms with Gasteiger partial charge in [0.2, 0.25) is 0 Å². The van der Waals surface area contributed by atoms with Crippen LogP contribution in [0.2, 0.25) is 0 Å². The van der Waals surface area contributed by atoms with Crippen molar-refractivity contribution in [1.29, 1.82) is 0 Å². The molecule has 0 bridgehead atoms. The fourth-order valence-electron chi connectivity index (χ4n) is 3.89. The summed E-state index contributed by atoms with van der Waals surface area (Å²) in [6.45, 7) is 5.27. The zero-order chi connectivity index (χ0) is 19.8. The molecule has 1 fully saturated rings. The number of aryl methyl sites for hydroxylation is 2. The zero-order valence-corrected chi connectivity index (χ0v) is 15.9. The van der Waals surface area contributed by atoms with E-state index in [1.54, 1.807) is 36.4 Å². The maximum atomic E-state index is 13.7. The first-order valence-electron chi connectivity index (χ1n) is 9.34. The third-order valence-electron chi connectivity index (χ3n) is 5.25. The molecule has 1 N–H and O–H groups in total. The summed E-state index contributed by atoms with van der Waals surface area (Å²) in [7, 11) is 0. The number of likely N-dealkylation sites (tertiary alicyclic amines) is 1. The molecule has 5 nitrogen and oxygen atoms in total. The minimum atomic E-state index is -0.679. The molecule has 1 amide bonds. The molecule has 0 spiro atoms. The summed E-state index contributed by atoms with van der Waals surface area (Å²) in [5, 5.41) is 14.5. The van der Waals surface area contributed by atoms with Crippen LogP contribution in [0.1, 0.15) is 34.2 Å². The molecule has 2 heterocycles. The Kier molecular flexibility index (Phi) is 4.63. The van der Waals surface area contributed by atoms with Crippen LogP contribution in [-0.4, -0.2) is 38.8 Å². The number of para-hydroxylation sites is 1. The Morgan fingerprint density at radius 1 is 1.18 bits per heavy atom. The predicted molar refractivity (Wildman–Crippen MR) is 105 cm³/mol. The van der Waals surface area contributed by atoms with E-state index < -0.39 is 11.6 Å². The number of phenols is 1. The number of hydrogen-bond acceptors (Lipinski definition) is 3. The lowest BCUT2D eigenvalue weighted by molar-refractivity contribution is 0.0787. The SMILES string of the molecule is Cc1cc(C)n(C2CCN(C(=O)c3cccc(-c4cccc(F)c4O)c3)C2)n1. The molecular weight excluding hydrogens is 357 g/mol. The van der Waals surface area contributed by atoms with Crippen molar-refractivity contribution in [2.75, 3.05) is 13.1 Å². The zero-order valence-electron chi connectivity index (χ0n) is 15.9. The van der Waals surface area contributed by atoms with Gasteiger partial charge in [0.1, 0.15) is 0 Å². The van der Waals surface area contributed by atoms with E-state index in [0.717, 1.165) is 17.8 Å². The van der Waals surface area contributed by atoms with Gasteiger partial charge < -0.3 is 10.0 Å². The maximum Gasteiger partial charge on any atom is 0.253 e. The lowest BCUT2D eigenvalue weighted by atomic mass is 10.0. The Hall–Kier alpha value is -3.15. The number of aromatic hydroxyl groups is 1. The smallest absolute Gasteiger partial charge is 0.253 e. The van der Waals surface area contributed by atoms with Gasteiger partial charge in [-0.2, -0.15) is 5.10 Å². The molecule has 1 aliphatic rings. The number of amides is 1. The molecule has 144 valence electrons. The molecule has 0 aliphatic carbocycles. The molecule has 4 rings (SSSR count). The predicted octanol–water partition coefficient (Wildman–Crippen LogP) is 4.10. The maximum absolute atomic E-state index is 13.7. The molecule has 28 heavy (non-hydrogen) atoms. The molecule has 1 atom stereocenters. The molecular formula is C22H22FN3O2. The molecule has 1 unspecified atom stereocenters. The second kappa shape index (κ2) is 7.11. The first-order valence-corrected chi connectivity index (χ1v) is 9.34. The summed E-state index contributed by atoms with van der Waals surface area (Å²) in [5.41, 5.74) is 3.58. The van der Waals surface area contributed by atoms with Gasteiger partial charge in [-0.25, -0.2) is 4.39 Å².